The fourth-order valence-electron chi connectivity index (χ4n) is 3.74. The molecule has 0 saturated carbocycles. The molecule has 2 aromatic carbocycles. The number of benzene rings is 2. The van der Waals surface area contributed by atoms with Crippen LogP contribution in [0.4, 0.5) is 0 Å². The van der Waals surface area contributed by atoms with E-state index in [0.29, 0.717) is 0 Å². The number of hydrogen-bond donors (Lipinski definition) is 0. The minimum atomic E-state index is 0.271. The molecule has 0 N–H and O–H groups in total. The van der Waals surface area contributed by atoms with E-state index in [1.807, 2.05) is 5.51 Å². The van der Waals surface area contributed by atoms with Gasteiger partial charge < -0.3 is 0 Å². The zero-order valence-electron chi connectivity index (χ0n) is 14.6. The van der Waals surface area contributed by atoms with Crippen LogP contribution in [0.5, 0.6) is 0 Å². The third-order valence-electron chi connectivity index (χ3n) is 4.65. The van der Waals surface area contributed by atoms with Gasteiger partial charge in [0, 0.05) is 10.8 Å². The number of nitrogens with zero attached hydrogens (tertiary/aromatic N) is 3. The molecule has 0 unspecified atom stereocenters. The quantitative estimate of drug-likeness (QED) is 0.357. The molecular weight excluding hydrogens is 326 g/mol. The van der Waals surface area contributed by atoms with E-state index < -0.39 is 0 Å². The van der Waals surface area contributed by atoms with E-state index in [1.165, 1.54) is 27.2 Å². The van der Waals surface area contributed by atoms with E-state index in [0.717, 1.165) is 22.5 Å². The third-order valence-corrected chi connectivity index (χ3v) is 5.45. The van der Waals surface area contributed by atoms with Gasteiger partial charge in [0.15, 0.2) is 5.65 Å². The topological polar surface area (TPSA) is 30.2 Å². The van der Waals surface area contributed by atoms with E-state index in [1.54, 1.807) is 11.3 Å². The van der Waals surface area contributed by atoms with Gasteiger partial charge in [-0.1, -0.05) is 51.1 Å². The molecule has 0 bridgehead atoms. The van der Waals surface area contributed by atoms with Crippen LogP contribution in [-0.4, -0.2) is 14.4 Å². The minimum Gasteiger partial charge on any atom is -0.282 e. The van der Waals surface area contributed by atoms with E-state index in [-0.39, 0.29) is 5.41 Å². The van der Waals surface area contributed by atoms with Crippen LogP contribution in [0.3, 0.4) is 0 Å². The van der Waals surface area contributed by atoms with Crippen molar-refractivity contribution in [2.45, 2.75) is 27.2 Å². The molecule has 0 spiro atoms. The van der Waals surface area contributed by atoms with Crippen molar-refractivity contribution in [1.29, 1.82) is 0 Å². The fourth-order valence-corrected chi connectivity index (χ4v) is 4.49. The summed E-state index contributed by atoms with van der Waals surface area (Å²) in [6.45, 7) is 6.86. The van der Waals surface area contributed by atoms with Gasteiger partial charge >= 0.3 is 0 Å². The third kappa shape index (κ3) is 2.24. The summed E-state index contributed by atoms with van der Waals surface area (Å²) in [6, 6.07) is 15.4. The average molecular weight is 345 g/mol. The van der Waals surface area contributed by atoms with E-state index in [2.05, 4.69) is 72.6 Å². The van der Waals surface area contributed by atoms with Crippen molar-refractivity contribution < 1.29 is 0 Å². The molecule has 124 valence electrons. The first-order chi connectivity index (χ1) is 12.0. The second-order valence-corrected chi connectivity index (χ2v) is 8.72. The highest BCUT2D eigenvalue weighted by Crippen LogP contribution is 2.34. The first-order valence-corrected chi connectivity index (χ1v) is 9.44. The summed E-state index contributed by atoms with van der Waals surface area (Å²) >= 11 is 1.65. The van der Waals surface area contributed by atoms with Crippen LogP contribution in [0.25, 0.3) is 37.8 Å². The molecule has 3 aromatic heterocycles. The van der Waals surface area contributed by atoms with Gasteiger partial charge in [0.2, 0.25) is 0 Å². The molecule has 0 amide bonds. The number of pyridine rings is 1. The Morgan fingerprint density at radius 1 is 1.00 bits per heavy atom. The Morgan fingerprint density at radius 3 is 2.60 bits per heavy atom. The standard InChI is InChI=1S/C21H19N3S/c1-21(2,3)11-13-8-9-17-16(10-13)14-6-4-5-7-15(14)19-23-18-20(24(17)19)25-12-22-18/h4-10,12H,11H2,1-3H3. The fraction of sp³-hybridized carbons (Fsp3) is 0.238. The minimum absolute atomic E-state index is 0.271. The van der Waals surface area contributed by atoms with Gasteiger partial charge in [0.25, 0.3) is 0 Å². The highest BCUT2D eigenvalue weighted by molar-refractivity contribution is 7.16. The summed E-state index contributed by atoms with van der Waals surface area (Å²) in [6.07, 6.45) is 1.06. The lowest BCUT2D eigenvalue weighted by Crippen LogP contribution is -2.09. The van der Waals surface area contributed by atoms with Crippen molar-refractivity contribution >= 4 is 49.1 Å². The van der Waals surface area contributed by atoms with Crippen molar-refractivity contribution in [3.8, 4) is 0 Å². The van der Waals surface area contributed by atoms with Gasteiger partial charge in [-0.25, -0.2) is 9.97 Å². The summed E-state index contributed by atoms with van der Waals surface area (Å²) in [7, 11) is 0. The Kier molecular flexibility index (Phi) is 2.98. The van der Waals surface area contributed by atoms with Crippen LogP contribution >= 0.6 is 11.3 Å². The first kappa shape index (κ1) is 14.8. The second kappa shape index (κ2) is 5.02. The molecule has 5 aromatic rings. The predicted octanol–water partition coefficient (Wildman–Crippen LogP) is 5.84. The van der Waals surface area contributed by atoms with Gasteiger partial charge in [0.05, 0.1) is 11.0 Å². The Bertz CT molecular complexity index is 1250. The SMILES string of the molecule is CC(C)(C)Cc1ccc2c(c1)c1ccccc1c1nc3ncsc3n21. The van der Waals surface area contributed by atoms with Crippen LogP contribution in [0.15, 0.2) is 48.0 Å². The van der Waals surface area contributed by atoms with Gasteiger partial charge in [-0.05, 0) is 34.9 Å². The largest absolute Gasteiger partial charge is 0.282 e. The van der Waals surface area contributed by atoms with Crippen molar-refractivity contribution in [2.24, 2.45) is 5.41 Å². The van der Waals surface area contributed by atoms with Gasteiger partial charge in [-0.15, -0.1) is 11.3 Å². The molecule has 5 rings (SSSR count). The number of rotatable bonds is 1. The summed E-state index contributed by atoms with van der Waals surface area (Å²) < 4.78 is 2.27. The molecule has 0 fully saturated rings. The molecule has 3 nitrogen and oxygen atoms in total. The van der Waals surface area contributed by atoms with Crippen molar-refractivity contribution in [3.05, 3.63) is 53.5 Å². The van der Waals surface area contributed by atoms with Crippen molar-refractivity contribution in [1.82, 2.24) is 14.4 Å². The van der Waals surface area contributed by atoms with E-state index in [9.17, 15) is 0 Å². The zero-order chi connectivity index (χ0) is 17.2. The number of thiazole rings is 1. The normalized spacial score (nSPS) is 12.8. The van der Waals surface area contributed by atoms with Crippen LogP contribution in [0, 0.1) is 5.41 Å². The average Bonchev–Trinajstić information content (AvgIpc) is 3.14. The lowest BCUT2D eigenvalue weighted by molar-refractivity contribution is 0.411. The molecule has 3 heterocycles. The molecule has 4 heteroatoms. The van der Waals surface area contributed by atoms with Crippen LogP contribution < -0.4 is 0 Å². The lowest BCUT2D eigenvalue weighted by atomic mass is 9.87. The molecule has 0 aliphatic rings. The van der Waals surface area contributed by atoms with Crippen molar-refractivity contribution in [3.63, 3.8) is 0 Å². The predicted molar refractivity (Wildman–Crippen MR) is 107 cm³/mol. The molecule has 0 aliphatic carbocycles. The number of fused-ring (bicyclic) bond motifs is 8. The summed E-state index contributed by atoms with van der Waals surface area (Å²) in [5.41, 5.74) is 6.57. The highest BCUT2D eigenvalue weighted by atomic mass is 32.1. The number of aromatic nitrogens is 3. The van der Waals surface area contributed by atoms with Crippen LogP contribution in [-0.2, 0) is 6.42 Å². The maximum Gasteiger partial charge on any atom is 0.190 e. The monoisotopic (exact) mass is 345 g/mol. The molecule has 0 atom stereocenters. The summed E-state index contributed by atoms with van der Waals surface area (Å²) in [5, 5.41) is 3.74. The summed E-state index contributed by atoms with van der Waals surface area (Å²) in [4.78, 5) is 10.3. The Morgan fingerprint density at radius 2 is 1.80 bits per heavy atom. The maximum atomic E-state index is 4.80. The van der Waals surface area contributed by atoms with Crippen LogP contribution in [0.2, 0.25) is 0 Å². The van der Waals surface area contributed by atoms with E-state index >= 15 is 0 Å². The van der Waals surface area contributed by atoms with Crippen molar-refractivity contribution in [2.75, 3.05) is 0 Å². The summed E-state index contributed by atoms with van der Waals surface area (Å²) in [5.74, 6) is 0. The van der Waals surface area contributed by atoms with Gasteiger partial charge in [-0.2, -0.15) is 0 Å². The molecular formula is C21H19N3S. The number of hydrogen-bond acceptors (Lipinski definition) is 3. The Hall–Kier alpha value is -2.46. The Balaban J connectivity index is 1.97. The van der Waals surface area contributed by atoms with E-state index in [4.69, 9.17) is 4.98 Å². The second-order valence-electron chi connectivity index (χ2n) is 7.89. The molecule has 25 heavy (non-hydrogen) atoms. The Labute approximate surface area is 149 Å². The first-order valence-electron chi connectivity index (χ1n) is 8.56. The molecule has 0 aliphatic heterocycles. The maximum absolute atomic E-state index is 4.80. The zero-order valence-corrected chi connectivity index (χ0v) is 15.4. The molecule has 0 saturated heterocycles. The smallest absolute Gasteiger partial charge is 0.190 e. The number of imidazole rings is 1. The highest BCUT2D eigenvalue weighted by Gasteiger charge is 2.16. The van der Waals surface area contributed by atoms with Crippen LogP contribution in [0.1, 0.15) is 26.3 Å². The van der Waals surface area contributed by atoms with Gasteiger partial charge in [0.1, 0.15) is 10.5 Å². The van der Waals surface area contributed by atoms with Gasteiger partial charge in [-0.3, -0.25) is 4.40 Å². The lowest BCUT2D eigenvalue weighted by Gasteiger charge is -2.19. The molecule has 0 radical (unpaired) electrons.